The summed E-state index contributed by atoms with van der Waals surface area (Å²) >= 11 is 0. The lowest BCUT2D eigenvalue weighted by Crippen LogP contribution is -2.44. The van der Waals surface area contributed by atoms with E-state index in [2.05, 4.69) is 13.8 Å². The third kappa shape index (κ3) is 4.75. The Balaban J connectivity index is 2.25. The van der Waals surface area contributed by atoms with Gasteiger partial charge in [-0.15, -0.1) is 0 Å². The highest BCUT2D eigenvalue weighted by Crippen LogP contribution is 2.23. The first-order chi connectivity index (χ1) is 8.00. The van der Waals surface area contributed by atoms with Crippen molar-refractivity contribution in [3.05, 3.63) is 0 Å². The second-order valence-electron chi connectivity index (χ2n) is 5.17. The molecule has 0 aliphatic carbocycles. The third-order valence-electron chi connectivity index (χ3n) is 3.49. The van der Waals surface area contributed by atoms with E-state index >= 15 is 0 Å². The minimum atomic E-state index is -0.780. The molecule has 0 spiro atoms. The van der Waals surface area contributed by atoms with E-state index in [4.69, 9.17) is 5.11 Å². The molecule has 0 aromatic carbocycles. The van der Waals surface area contributed by atoms with Crippen molar-refractivity contribution in [3.63, 3.8) is 0 Å². The van der Waals surface area contributed by atoms with Crippen LogP contribution in [0.3, 0.4) is 0 Å². The molecule has 1 fully saturated rings. The molecular weight excluding hydrogens is 218 g/mol. The number of amides is 1. The predicted molar refractivity (Wildman–Crippen MR) is 65.7 cm³/mol. The van der Waals surface area contributed by atoms with Crippen molar-refractivity contribution in [1.82, 2.24) is 4.90 Å². The van der Waals surface area contributed by atoms with Crippen LogP contribution in [0.1, 0.15) is 52.4 Å². The molecule has 17 heavy (non-hydrogen) atoms. The molecule has 0 aromatic rings. The van der Waals surface area contributed by atoms with Crippen molar-refractivity contribution in [2.24, 2.45) is 5.92 Å². The van der Waals surface area contributed by atoms with E-state index in [0.29, 0.717) is 31.2 Å². The van der Waals surface area contributed by atoms with Gasteiger partial charge in [0.2, 0.25) is 5.91 Å². The number of hydrogen-bond acceptors (Lipinski definition) is 2. The summed E-state index contributed by atoms with van der Waals surface area (Å²) in [5.41, 5.74) is 0. The molecule has 1 N–H and O–H groups in total. The summed E-state index contributed by atoms with van der Waals surface area (Å²) in [6, 6.07) is 0.339. The van der Waals surface area contributed by atoms with Gasteiger partial charge >= 0.3 is 5.97 Å². The van der Waals surface area contributed by atoms with E-state index in [9.17, 15) is 9.59 Å². The van der Waals surface area contributed by atoms with Crippen LogP contribution in [0.2, 0.25) is 0 Å². The molecule has 4 heteroatoms. The fourth-order valence-corrected chi connectivity index (χ4v) is 2.47. The van der Waals surface area contributed by atoms with Crippen LogP contribution in [-0.2, 0) is 9.59 Å². The fourth-order valence-electron chi connectivity index (χ4n) is 2.47. The van der Waals surface area contributed by atoms with Crippen LogP contribution in [-0.4, -0.2) is 34.5 Å². The quantitative estimate of drug-likeness (QED) is 0.751. The number of nitrogens with zero attached hydrogens (tertiary/aromatic N) is 1. The van der Waals surface area contributed by atoms with Gasteiger partial charge in [0, 0.05) is 25.4 Å². The van der Waals surface area contributed by atoms with Gasteiger partial charge in [-0.1, -0.05) is 6.92 Å². The van der Waals surface area contributed by atoms with Gasteiger partial charge in [0.05, 0.1) is 0 Å². The normalized spacial score (nSPS) is 24.7. The SMILES string of the molecule is CC1CCN(C(=O)CCCCC(=O)O)C(C)C1. The van der Waals surface area contributed by atoms with Gasteiger partial charge in [0.1, 0.15) is 0 Å². The zero-order valence-electron chi connectivity index (χ0n) is 10.8. The number of carboxylic acids is 1. The van der Waals surface area contributed by atoms with Gasteiger partial charge in [-0.2, -0.15) is 0 Å². The number of unbranched alkanes of at least 4 members (excludes halogenated alkanes) is 1. The van der Waals surface area contributed by atoms with Gasteiger partial charge in [-0.05, 0) is 38.5 Å². The van der Waals surface area contributed by atoms with Crippen LogP contribution in [0.4, 0.5) is 0 Å². The molecule has 0 aromatic heterocycles. The largest absolute Gasteiger partial charge is 0.481 e. The zero-order valence-corrected chi connectivity index (χ0v) is 10.8. The average molecular weight is 241 g/mol. The third-order valence-corrected chi connectivity index (χ3v) is 3.49. The lowest BCUT2D eigenvalue weighted by molar-refractivity contribution is -0.138. The predicted octanol–water partition coefficient (Wildman–Crippen LogP) is 2.28. The van der Waals surface area contributed by atoms with Crippen molar-refractivity contribution in [2.75, 3.05) is 6.54 Å². The minimum absolute atomic E-state index is 0.167. The van der Waals surface area contributed by atoms with Crippen LogP contribution in [0.5, 0.6) is 0 Å². The maximum absolute atomic E-state index is 11.9. The molecular formula is C13H23NO3. The maximum atomic E-state index is 11.9. The number of carbonyl (C=O) groups is 2. The van der Waals surface area contributed by atoms with Crippen molar-refractivity contribution in [2.45, 2.75) is 58.4 Å². The first-order valence-corrected chi connectivity index (χ1v) is 6.52. The van der Waals surface area contributed by atoms with Crippen molar-refractivity contribution in [1.29, 1.82) is 0 Å². The van der Waals surface area contributed by atoms with Crippen LogP contribution >= 0.6 is 0 Å². The Bertz CT molecular complexity index is 278. The van der Waals surface area contributed by atoms with Crippen LogP contribution in [0.25, 0.3) is 0 Å². The lowest BCUT2D eigenvalue weighted by Gasteiger charge is -2.36. The molecule has 1 amide bonds. The Morgan fingerprint density at radius 1 is 1.24 bits per heavy atom. The molecule has 1 heterocycles. The number of rotatable bonds is 5. The molecule has 0 radical (unpaired) electrons. The first kappa shape index (κ1) is 14.0. The molecule has 0 bridgehead atoms. The maximum Gasteiger partial charge on any atom is 0.303 e. The molecule has 98 valence electrons. The fraction of sp³-hybridized carbons (Fsp3) is 0.846. The van der Waals surface area contributed by atoms with Gasteiger partial charge < -0.3 is 10.0 Å². The summed E-state index contributed by atoms with van der Waals surface area (Å²) in [6.45, 7) is 5.19. The summed E-state index contributed by atoms with van der Waals surface area (Å²) < 4.78 is 0. The molecule has 1 aliphatic heterocycles. The smallest absolute Gasteiger partial charge is 0.303 e. The minimum Gasteiger partial charge on any atom is -0.481 e. The summed E-state index contributed by atoms with van der Waals surface area (Å²) in [5.74, 6) is 0.119. The average Bonchev–Trinajstić information content (AvgIpc) is 2.23. The topological polar surface area (TPSA) is 57.6 Å². The molecule has 1 saturated heterocycles. The standard InChI is InChI=1S/C13H23NO3/c1-10-7-8-14(11(2)9-10)12(15)5-3-4-6-13(16)17/h10-11H,3-9H2,1-2H3,(H,16,17). The highest BCUT2D eigenvalue weighted by molar-refractivity contribution is 5.76. The molecule has 0 saturated carbocycles. The summed E-state index contributed by atoms with van der Waals surface area (Å²) in [4.78, 5) is 24.2. The number of hydrogen-bond donors (Lipinski definition) is 1. The van der Waals surface area contributed by atoms with Crippen molar-refractivity contribution >= 4 is 11.9 Å². The molecule has 2 atom stereocenters. The van der Waals surface area contributed by atoms with Crippen LogP contribution < -0.4 is 0 Å². The monoisotopic (exact) mass is 241 g/mol. The highest BCUT2D eigenvalue weighted by Gasteiger charge is 2.25. The van der Waals surface area contributed by atoms with Gasteiger partial charge in [-0.25, -0.2) is 0 Å². The Morgan fingerprint density at radius 3 is 2.47 bits per heavy atom. The Labute approximate surface area is 103 Å². The van der Waals surface area contributed by atoms with E-state index in [1.165, 1.54) is 0 Å². The summed E-state index contributed by atoms with van der Waals surface area (Å²) in [6.07, 6.45) is 4.11. The zero-order chi connectivity index (χ0) is 12.8. The van der Waals surface area contributed by atoms with Crippen molar-refractivity contribution < 1.29 is 14.7 Å². The second-order valence-corrected chi connectivity index (χ2v) is 5.17. The van der Waals surface area contributed by atoms with Gasteiger partial charge in [0.15, 0.2) is 0 Å². The Kier molecular flexibility index (Phi) is 5.45. The van der Waals surface area contributed by atoms with Crippen LogP contribution in [0, 0.1) is 5.92 Å². The highest BCUT2D eigenvalue weighted by atomic mass is 16.4. The Morgan fingerprint density at radius 2 is 1.88 bits per heavy atom. The van der Waals surface area contributed by atoms with E-state index in [1.807, 2.05) is 4.90 Å². The summed E-state index contributed by atoms with van der Waals surface area (Å²) in [7, 11) is 0. The Hall–Kier alpha value is -1.06. The van der Waals surface area contributed by atoms with E-state index in [-0.39, 0.29) is 12.3 Å². The molecule has 2 unspecified atom stereocenters. The number of aliphatic carboxylic acids is 1. The van der Waals surface area contributed by atoms with E-state index < -0.39 is 5.97 Å². The van der Waals surface area contributed by atoms with Gasteiger partial charge in [-0.3, -0.25) is 9.59 Å². The first-order valence-electron chi connectivity index (χ1n) is 6.52. The number of likely N-dealkylation sites (tertiary alicyclic amines) is 1. The van der Waals surface area contributed by atoms with Crippen molar-refractivity contribution in [3.8, 4) is 0 Å². The molecule has 4 nitrogen and oxygen atoms in total. The number of piperidine rings is 1. The van der Waals surface area contributed by atoms with E-state index in [1.54, 1.807) is 0 Å². The lowest BCUT2D eigenvalue weighted by atomic mass is 9.93. The summed E-state index contributed by atoms with van der Waals surface area (Å²) in [5, 5.41) is 8.50. The second kappa shape index (κ2) is 6.62. The van der Waals surface area contributed by atoms with E-state index in [0.717, 1.165) is 19.4 Å². The van der Waals surface area contributed by atoms with Crippen LogP contribution in [0.15, 0.2) is 0 Å². The molecule has 1 rings (SSSR count). The van der Waals surface area contributed by atoms with Gasteiger partial charge in [0.25, 0.3) is 0 Å². The number of carboxylic acid groups (broad SMARTS) is 1. The molecule has 1 aliphatic rings. The number of carbonyl (C=O) groups excluding carboxylic acids is 1.